The number of rotatable bonds is 6. The van der Waals surface area contributed by atoms with Crippen molar-refractivity contribution in [2.75, 3.05) is 13.7 Å². The van der Waals surface area contributed by atoms with E-state index in [2.05, 4.69) is 4.74 Å². The fourth-order valence-electron chi connectivity index (χ4n) is 1.60. The van der Waals surface area contributed by atoms with Gasteiger partial charge < -0.3 is 9.47 Å². The molecule has 1 aromatic carbocycles. The molecule has 6 heteroatoms. The van der Waals surface area contributed by atoms with Crippen molar-refractivity contribution in [3.05, 3.63) is 34.2 Å². The number of hydrogen-bond acceptors (Lipinski definition) is 6. The summed E-state index contributed by atoms with van der Waals surface area (Å²) in [5.74, 6) is 0.597. The van der Waals surface area contributed by atoms with Gasteiger partial charge >= 0.3 is 5.97 Å². The molecule has 0 saturated carbocycles. The summed E-state index contributed by atoms with van der Waals surface area (Å²) in [7, 11) is 4.68. The van der Waals surface area contributed by atoms with Gasteiger partial charge in [0.15, 0.2) is 0 Å². The standard InChI is InChI=1S/C14H14O3S3/c1-16-13(15)3-2-8-17-11-6-4-10(5-7-11)12-9-14(18)20-19-12/h4-7,9H,2-3,8H2,1H3. The predicted molar refractivity (Wildman–Crippen MR) is 85.2 cm³/mol. The summed E-state index contributed by atoms with van der Waals surface area (Å²) >= 11 is 5.13. The van der Waals surface area contributed by atoms with Gasteiger partial charge in [-0.05, 0) is 42.3 Å². The van der Waals surface area contributed by atoms with Gasteiger partial charge in [0.2, 0.25) is 0 Å². The van der Waals surface area contributed by atoms with Gasteiger partial charge in [-0.1, -0.05) is 32.9 Å². The van der Waals surface area contributed by atoms with E-state index in [0.717, 1.165) is 15.1 Å². The Morgan fingerprint density at radius 1 is 1.25 bits per heavy atom. The number of methoxy groups -OCH3 is 1. The fourth-order valence-corrected chi connectivity index (χ4v) is 4.00. The molecule has 0 spiro atoms. The lowest BCUT2D eigenvalue weighted by Gasteiger charge is -2.06. The molecule has 2 rings (SSSR count). The van der Waals surface area contributed by atoms with Crippen molar-refractivity contribution < 1.29 is 14.3 Å². The highest BCUT2D eigenvalue weighted by atomic mass is 32.9. The summed E-state index contributed by atoms with van der Waals surface area (Å²) in [4.78, 5) is 12.1. The van der Waals surface area contributed by atoms with Gasteiger partial charge in [-0.2, -0.15) is 0 Å². The minimum absolute atomic E-state index is 0.206. The molecule has 0 aliphatic heterocycles. The van der Waals surface area contributed by atoms with Crippen molar-refractivity contribution in [3.8, 4) is 16.2 Å². The molecule has 0 amide bonds. The highest BCUT2D eigenvalue weighted by molar-refractivity contribution is 7.80. The van der Waals surface area contributed by atoms with Gasteiger partial charge in [0.1, 0.15) is 9.57 Å². The number of ether oxygens (including phenoxy) is 2. The van der Waals surface area contributed by atoms with Crippen molar-refractivity contribution in [2.24, 2.45) is 0 Å². The molecule has 2 aromatic rings. The van der Waals surface area contributed by atoms with Crippen molar-refractivity contribution in [3.63, 3.8) is 0 Å². The molecule has 0 unspecified atom stereocenters. The zero-order valence-corrected chi connectivity index (χ0v) is 13.4. The maximum absolute atomic E-state index is 10.9. The van der Waals surface area contributed by atoms with E-state index in [-0.39, 0.29) is 5.97 Å². The van der Waals surface area contributed by atoms with Crippen molar-refractivity contribution >= 4 is 38.9 Å². The highest BCUT2D eigenvalue weighted by Crippen LogP contribution is 2.30. The van der Waals surface area contributed by atoms with Gasteiger partial charge in [-0.3, -0.25) is 4.79 Å². The number of carbonyl (C=O) groups is 1. The molecule has 0 bridgehead atoms. The SMILES string of the molecule is COC(=O)CCCOc1ccc(-c2cc(=S)ss2)cc1. The summed E-state index contributed by atoms with van der Waals surface area (Å²) < 4.78 is 11.1. The van der Waals surface area contributed by atoms with Crippen LogP contribution in [0.15, 0.2) is 30.3 Å². The lowest BCUT2D eigenvalue weighted by molar-refractivity contribution is -0.140. The second-order valence-corrected chi connectivity index (χ2v) is 6.96. The molecule has 1 heterocycles. The van der Waals surface area contributed by atoms with Gasteiger partial charge in [0.25, 0.3) is 0 Å². The van der Waals surface area contributed by atoms with Crippen molar-refractivity contribution in [1.82, 2.24) is 0 Å². The first-order chi connectivity index (χ1) is 9.69. The average molecular weight is 326 g/mol. The van der Waals surface area contributed by atoms with Crippen LogP contribution < -0.4 is 4.74 Å². The summed E-state index contributed by atoms with van der Waals surface area (Å²) in [5, 5.41) is 0. The Morgan fingerprint density at radius 2 is 2.00 bits per heavy atom. The first kappa shape index (κ1) is 15.2. The largest absolute Gasteiger partial charge is 0.494 e. The normalized spacial score (nSPS) is 10.2. The van der Waals surface area contributed by atoms with Crippen LogP contribution in [0.25, 0.3) is 10.4 Å². The topological polar surface area (TPSA) is 35.5 Å². The first-order valence-electron chi connectivity index (χ1n) is 6.09. The first-order valence-corrected chi connectivity index (χ1v) is 8.65. The molecule has 20 heavy (non-hydrogen) atoms. The molecule has 0 saturated heterocycles. The third-order valence-electron chi connectivity index (χ3n) is 2.62. The summed E-state index contributed by atoms with van der Waals surface area (Å²) in [6.07, 6.45) is 1.03. The number of hydrogen-bond donors (Lipinski definition) is 0. The van der Waals surface area contributed by atoms with E-state index in [4.69, 9.17) is 17.0 Å². The monoisotopic (exact) mass is 326 g/mol. The average Bonchev–Trinajstić information content (AvgIpc) is 2.90. The highest BCUT2D eigenvalue weighted by Gasteiger charge is 2.02. The lowest BCUT2D eigenvalue weighted by Crippen LogP contribution is -2.04. The Bertz CT molecular complexity index is 613. The Morgan fingerprint density at radius 3 is 2.60 bits per heavy atom. The van der Waals surface area contributed by atoms with Gasteiger partial charge in [-0.25, -0.2) is 0 Å². The van der Waals surface area contributed by atoms with Crippen molar-refractivity contribution in [2.45, 2.75) is 12.8 Å². The van der Waals surface area contributed by atoms with Gasteiger partial charge in [0, 0.05) is 11.3 Å². The Balaban J connectivity index is 1.86. The third-order valence-corrected chi connectivity index (χ3v) is 5.53. The molecule has 0 aliphatic carbocycles. The molecule has 0 N–H and O–H groups in total. The third kappa shape index (κ3) is 4.40. The Hall–Kier alpha value is -1.24. The quantitative estimate of drug-likeness (QED) is 0.338. The van der Waals surface area contributed by atoms with Crippen LogP contribution in [0.3, 0.4) is 0 Å². The number of esters is 1. The fraction of sp³-hybridized carbons (Fsp3) is 0.286. The Kier molecular flexibility index (Phi) is 5.70. The minimum atomic E-state index is -0.206. The van der Waals surface area contributed by atoms with Gasteiger partial charge in [-0.15, -0.1) is 0 Å². The van der Waals surface area contributed by atoms with Gasteiger partial charge in [0.05, 0.1) is 13.7 Å². The second kappa shape index (κ2) is 7.52. The van der Waals surface area contributed by atoms with Crippen molar-refractivity contribution in [1.29, 1.82) is 0 Å². The van der Waals surface area contributed by atoms with E-state index in [0.29, 0.717) is 19.4 Å². The van der Waals surface area contributed by atoms with Crippen LogP contribution in [-0.2, 0) is 9.53 Å². The molecule has 0 fully saturated rings. The molecule has 1 aromatic heterocycles. The van der Waals surface area contributed by atoms with Crippen LogP contribution in [0.4, 0.5) is 0 Å². The van der Waals surface area contributed by atoms with Crippen LogP contribution in [0.5, 0.6) is 5.75 Å². The summed E-state index contributed by atoms with van der Waals surface area (Å²) in [5.41, 5.74) is 1.14. The van der Waals surface area contributed by atoms with E-state index in [9.17, 15) is 4.79 Å². The maximum Gasteiger partial charge on any atom is 0.305 e. The minimum Gasteiger partial charge on any atom is -0.494 e. The Labute approximate surface area is 130 Å². The summed E-state index contributed by atoms with van der Waals surface area (Å²) in [6.45, 7) is 0.506. The predicted octanol–water partition coefficient (Wildman–Crippen LogP) is 4.54. The lowest BCUT2D eigenvalue weighted by atomic mass is 10.2. The maximum atomic E-state index is 10.9. The number of benzene rings is 1. The zero-order chi connectivity index (χ0) is 14.4. The van der Waals surface area contributed by atoms with E-state index >= 15 is 0 Å². The molecule has 3 nitrogen and oxygen atoms in total. The molecular formula is C14H14O3S3. The number of carbonyl (C=O) groups excluding carboxylic acids is 1. The summed E-state index contributed by atoms with van der Waals surface area (Å²) in [6, 6.07) is 9.91. The molecule has 0 radical (unpaired) electrons. The van der Waals surface area contributed by atoms with Crippen LogP contribution in [0.2, 0.25) is 0 Å². The molecule has 0 atom stereocenters. The van der Waals surface area contributed by atoms with Crippen LogP contribution in [0.1, 0.15) is 12.8 Å². The second-order valence-electron chi connectivity index (χ2n) is 4.05. The molecule has 106 valence electrons. The smallest absolute Gasteiger partial charge is 0.305 e. The molecular weight excluding hydrogens is 312 g/mol. The van der Waals surface area contributed by atoms with Crippen LogP contribution in [-0.4, -0.2) is 19.7 Å². The molecule has 0 aliphatic rings. The van der Waals surface area contributed by atoms with E-state index in [1.165, 1.54) is 12.0 Å². The van der Waals surface area contributed by atoms with Crippen LogP contribution in [0, 0.1) is 3.82 Å². The van der Waals surface area contributed by atoms with E-state index in [1.807, 2.05) is 30.3 Å². The van der Waals surface area contributed by atoms with E-state index in [1.54, 1.807) is 20.7 Å². The zero-order valence-electron chi connectivity index (χ0n) is 11.0. The van der Waals surface area contributed by atoms with E-state index < -0.39 is 0 Å². The van der Waals surface area contributed by atoms with Crippen LogP contribution >= 0.6 is 32.9 Å².